The summed E-state index contributed by atoms with van der Waals surface area (Å²) >= 11 is 0. The smallest absolute Gasteiger partial charge is 0.152 e. The van der Waals surface area contributed by atoms with Gasteiger partial charge in [0, 0.05) is 12.8 Å². The van der Waals surface area contributed by atoms with E-state index >= 15 is 0 Å². The van der Waals surface area contributed by atoms with E-state index in [1.165, 1.54) is 0 Å². The maximum atomic E-state index is 5.86. The molecule has 2 heteroatoms. The molecule has 0 heterocycles. The zero-order chi connectivity index (χ0) is 12.6. The van der Waals surface area contributed by atoms with Crippen molar-refractivity contribution in [1.82, 2.24) is 0 Å². The van der Waals surface area contributed by atoms with Crippen LogP contribution in [0.2, 0.25) is 0 Å². The van der Waals surface area contributed by atoms with Crippen LogP contribution in [0, 0.1) is 0 Å². The van der Waals surface area contributed by atoms with Crippen LogP contribution >= 0.6 is 0 Å². The second-order valence-electron chi connectivity index (χ2n) is 4.81. The average Bonchev–Trinajstić information content (AvgIpc) is 2.20. The number of hydrogen-bond donors (Lipinski definition) is 0. The molecule has 0 saturated heterocycles. The first-order valence-electron chi connectivity index (χ1n) is 5.63. The fourth-order valence-corrected chi connectivity index (χ4v) is 1.44. The molecule has 1 unspecified atom stereocenters. The zero-order valence-corrected chi connectivity index (χ0v) is 11.0. The Bertz CT molecular complexity index is 299. The number of ether oxygens (including phenoxy) is 1. The highest BCUT2D eigenvalue weighted by atomic mass is 16.5. The van der Waals surface area contributed by atoms with Crippen molar-refractivity contribution in [2.75, 3.05) is 27.7 Å². The van der Waals surface area contributed by atoms with E-state index in [0.29, 0.717) is 0 Å². The molecule has 0 amide bonds. The molecule has 0 spiro atoms. The molecule has 1 atom stereocenters. The Morgan fingerprint density at radius 3 is 2.38 bits per heavy atom. The molecule has 0 rings (SSSR count). The van der Waals surface area contributed by atoms with Gasteiger partial charge in [-0.3, -0.25) is 0 Å². The number of nitrogens with zero attached hydrogens (tertiary/aromatic N) is 1. The lowest BCUT2D eigenvalue weighted by Gasteiger charge is -2.29. The summed E-state index contributed by atoms with van der Waals surface area (Å²) in [5.41, 5.74) is 5.62. The summed E-state index contributed by atoms with van der Waals surface area (Å²) in [7, 11) is 6.45. The maximum Gasteiger partial charge on any atom is 0.152 e. The van der Waals surface area contributed by atoms with E-state index in [0.717, 1.165) is 29.6 Å². The van der Waals surface area contributed by atoms with Gasteiger partial charge in [0.1, 0.15) is 12.3 Å². The minimum absolute atomic E-state index is 0.137. The highest BCUT2D eigenvalue weighted by molar-refractivity contribution is 4.90. The topological polar surface area (TPSA) is 9.23 Å². The van der Waals surface area contributed by atoms with E-state index in [2.05, 4.69) is 45.8 Å². The monoisotopic (exact) mass is 222 g/mol. The molecule has 0 radical (unpaired) electrons. The van der Waals surface area contributed by atoms with Crippen molar-refractivity contribution in [3.05, 3.63) is 36.5 Å². The predicted octanol–water partition coefficient (Wildman–Crippen LogP) is 2.89. The highest BCUT2D eigenvalue weighted by Crippen LogP contribution is 2.11. The minimum Gasteiger partial charge on any atom is -0.481 e. The quantitative estimate of drug-likeness (QED) is 0.365. The summed E-state index contributed by atoms with van der Waals surface area (Å²) in [4.78, 5) is 0. The van der Waals surface area contributed by atoms with Gasteiger partial charge in [-0.1, -0.05) is 25.8 Å². The van der Waals surface area contributed by atoms with Gasteiger partial charge in [0.05, 0.1) is 21.1 Å². The summed E-state index contributed by atoms with van der Waals surface area (Å²) in [6, 6.07) is 0. The Labute approximate surface area is 99.8 Å². The van der Waals surface area contributed by atoms with Crippen LogP contribution in [0.3, 0.4) is 0 Å². The molecule has 0 aromatic rings. The van der Waals surface area contributed by atoms with E-state index < -0.39 is 0 Å². The second kappa shape index (κ2) is 7.14. The van der Waals surface area contributed by atoms with Gasteiger partial charge in [0.2, 0.25) is 0 Å². The summed E-state index contributed by atoms with van der Waals surface area (Å²) < 4.78 is 6.72. The predicted molar refractivity (Wildman–Crippen MR) is 69.0 cm³/mol. The van der Waals surface area contributed by atoms with Crippen LogP contribution in [-0.2, 0) is 4.74 Å². The standard InChI is InChI=1S/C14H24NO/c1-7-10-11-14(12-15(4,5)6)16-13(8-2)9-3/h10,14H,1-2,9,11-12H2,3-6H3/q+1. The van der Waals surface area contributed by atoms with Crippen LogP contribution in [0.4, 0.5) is 0 Å². The van der Waals surface area contributed by atoms with Crippen molar-refractivity contribution in [1.29, 1.82) is 0 Å². The molecule has 0 aromatic heterocycles. The molecule has 0 aromatic carbocycles. The Morgan fingerprint density at radius 2 is 2.00 bits per heavy atom. The van der Waals surface area contributed by atoms with Gasteiger partial charge in [-0.2, -0.15) is 0 Å². The van der Waals surface area contributed by atoms with Crippen LogP contribution < -0.4 is 0 Å². The molecular weight excluding hydrogens is 198 g/mol. The van der Waals surface area contributed by atoms with E-state index in [4.69, 9.17) is 4.74 Å². The lowest BCUT2D eigenvalue weighted by Crippen LogP contribution is -2.42. The Kier molecular flexibility index (Phi) is 6.60. The lowest BCUT2D eigenvalue weighted by molar-refractivity contribution is -0.873. The van der Waals surface area contributed by atoms with Crippen LogP contribution in [0.5, 0.6) is 0 Å². The largest absolute Gasteiger partial charge is 0.481 e. The molecule has 0 aliphatic carbocycles. The third-order valence-electron chi connectivity index (χ3n) is 2.10. The number of allylic oxidation sites excluding steroid dienone is 1. The zero-order valence-electron chi connectivity index (χ0n) is 11.0. The van der Waals surface area contributed by atoms with Gasteiger partial charge in [-0.15, -0.1) is 5.73 Å². The SMILES string of the molecule is C=C=CCC(C[N+](C)(C)C)OC(=C=C)CC. The number of quaternary nitrogens is 1. The first-order chi connectivity index (χ1) is 7.42. The molecule has 0 N–H and O–H groups in total. The number of likely N-dealkylation sites (N-methyl/N-ethyl adjacent to an activating group) is 1. The number of hydrogen-bond acceptors (Lipinski definition) is 1. The van der Waals surface area contributed by atoms with Crippen molar-refractivity contribution >= 4 is 0 Å². The first kappa shape index (κ1) is 14.8. The maximum absolute atomic E-state index is 5.86. The van der Waals surface area contributed by atoms with E-state index in [1.807, 2.05) is 13.0 Å². The summed E-state index contributed by atoms with van der Waals surface area (Å²) in [6.45, 7) is 10.2. The third-order valence-corrected chi connectivity index (χ3v) is 2.10. The fraction of sp³-hybridized carbons (Fsp3) is 0.571. The lowest BCUT2D eigenvalue weighted by atomic mass is 10.2. The second-order valence-corrected chi connectivity index (χ2v) is 4.81. The molecule has 0 saturated carbocycles. The molecule has 90 valence electrons. The molecule has 16 heavy (non-hydrogen) atoms. The van der Waals surface area contributed by atoms with Crippen molar-refractivity contribution in [2.24, 2.45) is 0 Å². The van der Waals surface area contributed by atoms with E-state index in [1.54, 1.807) is 0 Å². The van der Waals surface area contributed by atoms with Crippen LogP contribution in [-0.4, -0.2) is 38.3 Å². The van der Waals surface area contributed by atoms with Crippen LogP contribution in [0.25, 0.3) is 0 Å². The Morgan fingerprint density at radius 1 is 1.38 bits per heavy atom. The van der Waals surface area contributed by atoms with Gasteiger partial charge in [-0.05, 0) is 6.08 Å². The van der Waals surface area contributed by atoms with Crippen LogP contribution in [0.15, 0.2) is 36.5 Å². The van der Waals surface area contributed by atoms with Gasteiger partial charge < -0.3 is 9.22 Å². The molecule has 0 fully saturated rings. The van der Waals surface area contributed by atoms with E-state index in [-0.39, 0.29) is 6.10 Å². The minimum atomic E-state index is 0.137. The van der Waals surface area contributed by atoms with E-state index in [9.17, 15) is 0 Å². The van der Waals surface area contributed by atoms with Crippen molar-refractivity contribution < 1.29 is 9.22 Å². The molecule has 0 bridgehead atoms. The summed E-state index contributed by atoms with van der Waals surface area (Å²) in [5, 5.41) is 0. The Hall–Kier alpha value is -1.20. The van der Waals surface area contributed by atoms with Gasteiger partial charge >= 0.3 is 0 Å². The Balaban J connectivity index is 4.54. The van der Waals surface area contributed by atoms with Gasteiger partial charge in [0.25, 0.3) is 0 Å². The molecule has 2 nitrogen and oxygen atoms in total. The molecular formula is C14H24NO+. The van der Waals surface area contributed by atoms with Crippen molar-refractivity contribution in [3.8, 4) is 0 Å². The summed E-state index contributed by atoms with van der Waals surface area (Å²) in [6.07, 6.45) is 3.70. The first-order valence-corrected chi connectivity index (χ1v) is 5.63. The summed E-state index contributed by atoms with van der Waals surface area (Å²) in [5.74, 6) is 0.830. The molecule has 0 aliphatic heterocycles. The van der Waals surface area contributed by atoms with Crippen LogP contribution in [0.1, 0.15) is 19.8 Å². The average molecular weight is 222 g/mol. The van der Waals surface area contributed by atoms with Gasteiger partial charge in [-0.25, -0.2) is 0 Å². The van der Waals surface area contributed by atoms with Crippen molar-refractivity contribution in [3.63, 3.8) is 0 Å². The number of rotatable bonds is 7. The van der Waals surface area contributed by atoms with Gasteiger partial charge in [0.15, 0.2) is 6.10 Å². The highest BCUT2D eigenvalue weighted by Gasteiger charge is 2.19. The fourth-order valence-electron chi connectivity index (χ4n) is 1.44. The van der Waals surface area contributed by atoms with Crippen molar-refractivity contribution in [2.45, 2.75) is 25.9 Å². The molecule has 0 aliphatic rings. The third kappa shape index (κ3) is 7.14. The normalized spacial score (nSPS) is 12.2.